The van der Waals surface area contributed by atoms with Gasteiger partial charge >= 0.3 is 12.1 Å². The Labute approximate surface area is 128 Å². The van der Waals surface area contributed by atoms with E-state index in [2.05, 4.69) is 4.74 Å². The molecule has 0 saturated carbocycles. The number of methoxy groups -OCH3 is 1. The maximum atomic E-state index is 11.9. The van der Waals surface area contributed by atoms with Crippen LogP contribution in [0.1, 0.15) is 19.4 Å². The first-order valence-electron chi connectivity index (χ1n) is 6.66. The second-order valence-electron chi connectivity index (χ2n) is 4.64. The highest BCUT2D eigenvalue weighted by Crippen LogP contribution is 2.14. The molecule has 0 bridgehead atoms. The molecule has 2 amide bonds. The van der Waals surface area contributed by atoms with Gasteiger partial charge in [-0.3, -0.25) is 10.1 Å². The van der Waals surface area contributed by atoms with E-state index in [-0.39, 0.29) is 0 Å². The van der Waals surface area contributed by atoms with Gasteiger partial charge in [-0.15, -0.1) is 0 Å². The van der Waals surface area contributed by atoms with E-state index in [1.54, 1.807) is 18.2 Å². The van der Waals surface area contributed by atoms with Crippen LogP contribution in [-0.2, 0) is 19.1 Å². The Hall–Kier alpha value is -2.57. The van der Waals surface area contributed by atoms with Crippen LogP contribution in [0.4, 0.5) is 4.79 Å². The maximum Gasteiger partial charge on any atom is 0.413 e. The summed E-state index contributed by atoms with van der Waals surface area (Å²) < 4.78 is 14.7. The topological polar surface area (TPSA) is 90.9 Å². The Kier molecular flexibility index (Phi) is 6.37. The Morgan fingerprint density at radius 1 is 1.14 bits per heavy atom. The van der Waals surface area contributed by atoms with E-state index < -0.39 is 30.2 Å². The van der Waals surface area contributed by atoms with E-state index in [1.807, 2.05) is 18.3 Å². The summed E-state index contributed by atoms with van der Waals surface area (Å²) in [6.07, 6.45) is -2.96. The molecule has 7 heteroatoms. The Bertz CT molecular complexity index is 557. The van der Waals surface area contributed by atoms with Crippen molar-refractivity contribution in [2.75, 3.05) is 7.11 Å². The molecular weight excluding hydrogens is 290 g/mol. The molecule has 1 aromatic carbocycles. The minimum atomic E-state index is -1.14. The van der Waals surface area contributed by atoms with Gasteiger partial charge < -0.3 is 14.2 Å². The van der Waals surface area contributed by atoms with E-state index in [0.717, 1.165) is 12.7 Å². The van der Waals surface area contributed by atoms with Gasteiger partial charge in [0.05, 0.1) is 7.11 Å². The number of amides is 2. The van der Waals surface area contributed by atoms with Crippen molar-refractivity contribution in [2.24, 2.45) is 0 Å². The fourth-order valence-electron chi connectivity index (χ4n) is 1.52. The second-order valence-corrected chi connectivity index (χ2v) is 4.64. The molecule has 0 saturated heterocycles. The monoisotopic (exact) mass is 309 g/mol. The number of nitrogens with one attached hydrogen (secondary N) is 1. The fourth-order valence-corrected chi connectivity index (χ4v) is 1.52. The lowest BCUT2D eigenvalue weighted by Crippen LogP contribution is -2.41. The summed E-state index contributed by atoms with van der Waals surface area (Å²) in [6, 6.07) is 7.19. The summed E-state index contributed by atoms with van der Waals surface area (Å²) in [6.45, 7) is 4.75. The molecule has 0 spiro atoms. The predicted octanol–water partition coefficient (Wildman–Crippen LogP) is 1.58. The van der Waals surface area contributed by atoms with Crippen LogP contribution in [0.2, 0.25) is 0 Å². The van der Waals surface area contributed by atoms with Crippen molar-refractivity contribution in [3.05, 3.63) is 29.8 Å². The molecule has 0 aliphatic carbocycles. The van der Waals surface area contributed by atoms with Gasteiger partial charge in [-0.2, -0.15) is 0 Å². The van der Waals surface area contributed by atoms with Crippen molar-refractivity contribution in [1.29, 1.82) is 0 Å². The number of carbonyl (C=O) groups excluding carboxylic acids is 3. The van der Waals surface area contributed by atoms with E-state index >= 15 is 0 Å². The van der Waals surface area contributed by atoms with E-state index in [9.17, 15) is 14.4 Å². The summed E-state index contributed by atoms with van der Waals surface area (Å²) in [7, 11) is 1.12. The highest BCUT2D eigenvalue weighted by Gasteiger charge is 2.24. The van der Waals surface area contributed by atoms with Crippen LogP contribution in [0.3, 0.4) is 0 Å². The molecule has 22 heavy (non-hydrogen) atoms. The lowest BCUT2D eigenvalue weighted by Gasteiger charge is -2.17. The molecule has 0 unspecified atom stereocenters. The summed E-state index contributed by atoms with van der Waals surface area (Å²) in [4.78, 5) is 34.3. The second kappa shape index (κ2) is 8.02. The van der Waals surface area contributed by atoms with Gasteiger partial charge in [-0.1, -0.05) is 12.1 Å². The smallest absolute Gasteiger partial charge is 0.413 e. The number of rotatable bonds is 5. The van der Waals surface area contributed by atoms with E-state index in [4.69, 9.17) is 9.47 Å². The minimum Gasteiger partial charge on any atom is -0.479 e. The molecule has 0 aliphatic heterocycles. The van der Waals surface area contributed by atoms with Crippen molar-refractivity contribution >= 4 is 18.0 Å². The van der Waals surface area contributed by atoms with Crippen LogP contribution in [0.25, 0.3) is 0 Å². The third-order valence-corrected chi connectivity index (χ3v) is 2.71. The highest BCUT2D eigenvalue weighted by atomic mass is 16.6. The van der Waals surface area contributed by atoms with Crippen LogP contribution in [0, 0.1) is 6.92 Å². The molecule has 1 rings (SSSR count). The molecule has 0 fully saturated rings. The predicted molar refractivity (Wildman–Crippen MR) is 77.4 cm³/mol. The lowest BCUT2D eigenvalue weighted by atomic mass is 10.2. The first-order valence-corrected chi connectivity index (χ1v) is 6.66. The first-order chi connectivity index (χ1) is 10.3. The van der Waals surface area contributed by atoms with Gasteiger partial charge in [0.15, 0.2) is 12.2 Å². The normalized spacial score (nSPS) is 12.7. The fraction of sp³-hybridized carbons (Fsp3) is 0.400. The number of hydrogen-bond donors (Lipinski definition) is 1. The Balaban J connectivity index is 2.53. The van der Waals surface area contributed by atoms with Crippen molar-refractivity contribution in [1.82, 2.24) is 5.32 Å². The van der Waals surface area contributed by atoms with Crippen molar-refractivity contribution in [3.63, 3.8) is 0 Å². The lowest BCUT2D eigenvalue weighted by molar-refractivity contribution is -0.160. The van der Waals surface area contributed by atoms with Crippen LogP contribution in [0.5, 0.6) is 5.75 Å². The van der Waals surface area contributed by atoms with Gasteiger partial charge in [0.25, 0.3) is 5.91 Å². The minimum absolute atomic E-state index is 0.524. The zero-order chi connectivity index (χ0) is 16.7. The van der Waals surface area contributed by atoms with Crippen molar-refractivity contribution < 1.29 is 28.6 Å². The highest BCUT2D eigenvalue weighted by molar-refractivity contribution is 5.95. The van der Waals surface area contributed by atoms with Crippen LogP contribution in [0.15, 0.2) is 24.3 Å². The number of aryl methyl sites for hydroxylation is 1. The zero-order valence-corrected chi connectivity index (χ0v) is 12.9. The summed E-state index contributed by atoms with van der Waals surface area (Å²) in [5, 5.41) is 1.91. The molecule has 0 radical (unpaired) electrons. The molecule has 7 nitrogen and oxygen atoms in total. The molecule has 0 heterocycles. The van der Waals surface area contributed by atoms with Crippen molar-refractivity contribution in [2.45, 2.75) is 33.0 Å². The third kappa shape index (κ3) is 5.43. The molecular formula is C15H19NO6. The average Bonchev–Trinajstić information content (AvgIpc) is 2.46. The number of imide groups is 1. The largest absolute Gasteiger partial charge is 0.479 e. The number of carbonyl (C=O) groups is 3. The Morgan fingerprint density at radius 2 is 1.82 bits per heavy atom. The van der Waals surface area contributed by atoms with Crippen LogP contribution in [-0.4, -0.2) is 37.3 Å². The van der Waals surface area contributed by atoms with Gasteiger partial charge in [0.2, 0.25) is 0 Å². The molecule has 120 valence electrons. The Morgan fingerprint density at radius 3 is 2.41 bits per heavy atom. The molecule has 0 aromatic heterocycles. The van der Waals surface area contributed by atoms with Crippen molar-refractivity contribution in [3.8, 4) is 5.75 Å². The van der Waals surface area contributed by atoms with Gasteiger partial charge in [-0.25, -0.2) is 9.59 Å². The maximum absolute atomic E-state index is 11.9. The third-order valence-electron chi connectivity index (χ3n) is 2.71. The first kappa shape index (κ1) is 17.5. The van der Waals surface area contributed by atoms with Gasteiger partial charge in [0, 0.05) is 0 Å². The standard InChI is InChI=1S/C15H19NO6/c1-9-6-5-7-12(8-9)21-11(3)14(18)22-10(2)13(17)16-15(19)20-4/h5-8,10-11H,1-4H3,(H,16,17,19)/t10-,11+/m0/s1. The number of ether oxygens (including phenoxy) is 3. The SMILES string of the molecule is COC(=O)NC(=O)[C@H](C)OC(=O)[C@@H](C)Oc1cccc(C)c1. The van der Waals surface area contributed by atoms with E-state index in [0.29, 0.717) is 5.75 Å². The molecule has 2 atom stereocenters. The number of alkyl carbamates (subject to hydrolysis) is 1. The zero-order valence-electron chi connectivity index (χ0n) is 12.9. The summed E-state index contributed by atoms with van der Waals surface area (Å²) >= 11 is 0. The van der Waals surface area contributed by atoms with Gasteiger partial charge in [-0.05, 0) is 38.5 Å². The van der Waals surface area contributed by atoms with Crippen LogP contribution < -0.4 is 10.1 Å². The van der Waals surface area contributed by atoms with Crippen LogP contribution >= 0.6 is 0 Å². The molecule has 1 N–H and O–H groups in total. The quantitative estimate of drug-likeness (QED) is 0.830. The number of hydrogen-bond acceptors (Lipinski definition) is 6. The van der Waals surface area contributed by atoms with Gasteiger partial charge in [0.1, 0.15) is 5.75 Å². The number of esters is 1. The summed E-state index contributed by atoms with van der Waals surface area (Å²) in [5.41, 5.74) is 0.990. The average molecular weight is 309 g/mol. The molecule has 1 aromatic rings. The number of benzene rings is 1. The van der Waals surface area contributed by atoms with E-state index in [1.165, 1.54) is 13.8 Å². The molecule has 0 aliphatic rings. The summed E-state index contributed by atoms with van der Waals surface area (Å²) in [5.74, 6) is -0.965.